The largest absolute Gasteiger partial charge is 0.342 e. The fraction of sp³-hybridized carbons (Fsp3) is 0.938. The Bertz CT molecular complexity index is 298. The van der Waals surface area contributed by atoms with E-state index in [0.29, 0.717) is 12.5 Å². The highest BCUT2D eigenvalue weighted by atomic mass is 35.5. The van der Waals surface area contributed by atoms with Gasteiger partial charge < -0.3 is 10.2 Å². The summed E-state index contributed by atoms with van der Waals surface area (Å²) in [5, 5.41) is 3.44. The fourth-order valence-corrected chi connectivity index (χ4v) is 3.25. The molecule has 2 aliphatic rings. The van der Waals surface area contributed by atoms with Crippen molar-refractivity contribution in [1.82, 2.24) is 15.1 Å². The number of carbonyl (C=O) groups is 1. The Morgan fingerprint density at radius 2 is 1.71 bits per heavy atom. The number of hydrogen-bond acceptors (Lipinski definition) is 3. The Hall–Kier alpha value is -0.320. The van der Waals surface area contributed by atoms with Gasteiger partial charge in [0.05, 0.1) is 6.54 Å². The van der Waals surface area contributed by atoms with Gasteiger partial charge in [-0.3, -0.25) is 9.69 Å². The van der Waals surface area contributed by atoms with Gasteiger partial charge in [0, 0.05) is 13.1 Å². The maximum atomic E-state index is 12.3. The minimum Gasteiger partial charge on any atom is -0.342 e. The third-order valence-corrected chi connectivity index (χ3v) is 4.89. The molecule has 4 nitrogen and oxygen atoms in total. The van der Waals surface area contributed by atoms with Gasteiger partial charge in [-0.25, -0.2) is 0 Å². The summed E-state index contributed by atoms with van der Waals surface area (Å²) in [5.74, 6) is 1.94. The van der Waals surface area contributed by atoms with Crippen LogP contribution in [0.3, 0.4) is 0 Å². The number of nitrogens with one attached hydrogen (secondary N) is 1. The number of nitrogens with zero attached hydrogens (tertiary/aromatic N) is 2. The highest BCUT2D eigenvalue weighted by Crippen LogP contribution is 2.18. The lowest BCUT2D eigenvalue weighted by Gasteiger charge is -2.35. The van der Waals surface area contributed by atoms with E-state index in [1.54, 1.807) is 0 Å². The molecular formula is C16H32ClN3O. The van der Waals surface area contributed by atoms with Crippen LogP contribution in [0.25, 0.3) is 0 Å². The van der Waals surface area contributed by atoms with Crippen LogP contribution in [-0.2, 0) is 4.79 Å². The van der Waals surface area contributed by atoms with Gasteiger partial charge in [-0.15, -0.1) is 12.4 Å². The van der Waals surface area contributed by atoms with E-state index in [9.17, 15) is 4.79 Å². The normalized spacial score (nSPS) is 22.1. The SMILES string of the molecule is CCNCC1CCN(CC(=O)N2CCC(C)CC2)CC1.Cl. The van der Waals surface area contributed by atoms with Gasteiger partial charge in [0.25, 0.3) is 0 Å². The standard InChI is InChI=1S/C16H31N3O.ClH/c1-3-17-12-15-6-8-18(9-7-15)13-16(20)19-10-4-14(2)5-11-19;/h14-15,17H,3-13H2,1-2H3;1H. The molecule has 0 aromatic heterocycles. The fourth-order valence-electron chi connectivity index (χ4n) is 3.25. The monoisotopic (exact) mass is 317 g/mol. The van der Waals surface area contributed by atoms with E-state index in [-0.39, 0.29) is 12.4 Å². The molecule has 21 heavy (non-hydrogen) atoms. The molecule has 0 aromatic rings. The number of hydrogen-bond donors (Lipinski definition) is 1. The lowest BCUT2D eigenvalue weighted by molar-refractivity contribution is -0.134. The molecule has 2 aliphatic heterocycles. The summed E-state index contributed by atoms with van der Waals surface area (Å²) >= 11 is 0. The van der Waals surface area contributed by atoms with Crippen LogP contribution in [0.15, 0.2) is 0 Å². The Balaban J connectivity index is 0.00000220. The summed E-state index contributed by atoms with van der Waals surface area (Å²) in [4.78, 5) is 16.7. The van der Waals surface area contributed by atoms with Crippen molar-refractivity contribution in [3.63, 3.8) is 0 Å². The lowest BCUT2D eigenvalue weighted by Crippen LogP contribution is -2.46. The maximum absolute atomic E-state index is 12.3. The van der Waals surface area contributed by atoms with Crippen molar-refractivity contribution < 1.29 is 4.79 Å². The highest BCUT2D eigenvalue weighted by molar-refractivity contribution is 5.85. The van der Waals surface area contributed by atoms with Crippen molar-refractivity contribution in [2.24, 2.45) is 11.8 Å². The van der Waals surface area contributed by atoms with Crippen LogP contribution in [0.2, 0.25) is 0 Å². The number of halogens is 1. The summed E-state index contributed by atoms with van der Waals surface area (Å²) in [6, 6.07) is 0. The second kappa shape index (κ2) is 9.65. The molecule has 1 amide bonds. The van der Waals surface area contributed by atoms with Crippen molar-refractivity contribution in [2.45, 2.75) is 39.5 Å². The predicted molar refractivity (Wildman–Crippen MR) is 89.9 cm³/mol. The molecule has 0 aromatic carbocycles. The van der Waals surface area contributed by atoms with E-state index >= 15 is 0 Å². The molecule has 0 atom stereocenters. The van der Waals surface area contributed by atoms with Crippen molar-refractivity contribution in [1.29, 1.82) is 0 Å². The second-order valence-corrected chi connectivity index (χ2v) is 6.59. The van der Waals surface area contributed by atoms with Crippen molar-refractivity contribution in [2.75, 3.05) is 45.8 Å². The molecule has 2 rings (SSSR count). The first-order chi connectivity index (χ1) is 9.69. The quantitative estimate of drug-likeness (QED) is 0.842. The van der Waals surface area contributed by atoms with Crippen LogP contribution in [0.1, 0.15) is 39.5 Å². The average Bonchev–Trinajstić information content (AvgIpc) is 2.47. The lowest BCUT2D eigenvalue weighted by atomic mass is 9.96. The Labute approximate surface area is 136 Å². The van der Waals surface area contributed by atoms with Gasteiger partial charge in [-0.2, -0.15) is 0 Å². The molecule has 0 unspecified atom stereocenters. The summed E-state index contributed by atoms with van der Waals surface area (Å²) < 4.78 is 0. The van der Waals surface area contributed by atoms with E-state index in [2.05, 4.69) is 29.0 Å². The summed E-state index contributed by atoms with van der Waals surface area (Å²) in [6.07, 6.45) is 4.82. The van der Waals surface area contributed by atoms with Crippen LogP contribution >= 0.6 is 12.4 Å². The molecule has 0 radical (unpaired) electrons. The molecular weight excluding hydrogens is 286 g/mol. The molecule has 2 fully saturated rings. The molecule has 0 aliphatic carbocycles. The van der Waals surface area contributed by atoms with Crippen LogP contribution < -0.4 is 5.32 Å². The molecule has 2 saturated heterocycles. The van der Waals surface area contributed by atoms with Crippen LogP contribution in [0, 0.1) is 11.8 Å². The van der Waals surface area contributed by atoms with Crippen LogP contribution in [-0.4, -0.2) is 61.5 Å². The number of piperidine rings is 2. The maximum Gasteiger partial charge on any atom is 0.236 e. The molecule has 0 spiro atoms. The number of carbonyl (C=O) groups excluding carboxylic acids is 1. The van der Waals surface area contributed by atoms with E-state index in [1.165, 1.54) is 25.7 Å². The minimum absolute atomic E-state index is 0. The van der Waals surface area contributed by atoms with Gasteiger partial charge in [-0.1, -0.05) is 13.8 Å². The number of likely N-dealkylation sites (tertiary alicyclic amines) is 2. The third kappa shape index (κ3) is 6.13. The first-order valence-electron chi connectivity index (χ1n) is 8.40. The molecule has 124 valence electrons. The molecule has 0 bridgehead atoms. The van der Waals surface area contributed by atoms with Gasteiger partial charge in [0.2, 0.25) is 5.91 Å². The van der Waals surface area contributed by atoms with Crippen molar-refractivity contribution in [3.05, 3.63) is 0 Å². The molecule has 1 N–H and O–H groups in total. The van der Waals surface area contributed by atoms with Crippen LogP contribution in [0.4, 0.5) is 0 Å². The topological polar surface area (TPSA) is 35.6 Å². The summed E-state index contributed by atoms with van der Waals surface area (Å²) in [5.41, 5.74) is 0. The Morgan fingerprint density at radius 1 is 1.10 bits per heavy atom. The van der Waals surface area contributed by atoms with Crippen LogP contribution in [0.5, 0.6) is 0 Å². The zero-order valence-electron chi connectivity index (χ0n) is 13.6. The van der Waals surface area contributed by atoms with Gasteiger partial charge >= 0.3 is 0 Å². The van der Waals surface area contributed by atoms with Gasteiger partial charge in [0.1, 0.15) is 0 Å². The summed E-state index contributed by atoms with van der Waals surface area (Å²) in [6.45, 7) is 11.4. The highest BCUT2D eigenvalue weighted by Gasteiger charge is 2.24. The second-order valence-electron chi connectivity index (χ2n) is 6.59. The zero-order chi connectivity index (χ0) is 14.4. The van der Waals surface area contributed by atoms with Gasteiger partial charge in [-0.05, 0) is 63.7 Å². The molecule has 2 heterocycles. The smallest absolute Gasteiger partial charge is 0.236 e. The first-order valence-corrected chi connectivity index (χ1v) is 8.40. The summed E-state index contributed by atoms with van der Waals surface area (Å²) in [7, 11) is 0. The van der Waals surface area contributed by atoms with E-state index < -0.39 is 0 Å². The Morgan fingerprint density at radius 3 is 2.29 bits per heavy atom. The molecule has 0 saturated carbocycles. The third-order valence-electron chi connectivity index (χ3n) is 4.89. The van der Waals surface area contributed by atoms with Gasteiger partial charge in [0.15, 0.2) is 0 Å². The van der Waals surface area contributed by atoms with Crippen molar-refractivity contribution >= 4 is 18.3 Å². The zero-order valence-corrected chi connectivity index (χ0v) is 14.5. The predicted octanol–water partition coefficient (Wildman–Crippen LogP) is 1.99. The Kier molecular flexibility index (Phi) is 8.60. The van der Waals surface area contributed by atoms with E-state index in [0.717, 1.165) is 51.1 Å². The van der Waals surface area contributed by atoms with E-state index in [4.69, 9.17) is 0 Å². The van der Waals surface area contributed by atoms with Crippen molar-refractivity contribution in [3.8, 4) is 0 Å². The minimum atomic E-state index is 0. The number of rotatable bonds is 5. The first kappa shape index (κ1) is 18.7. The molecule has 5 heteroatoms. The van der Waals surface area contributed by atoms with E-state index in [1.807, 2.05) is 0 Å². The average molecular weight is 318 g/mol. The number of amides is 1.